The van der Waals surface area contributed by atoms with Crippen molar-refractivity contribution in [2.75, 3.05) is 31.1 Å². The van der Waals surface area contributed by atoms with E-state index in [2.05, 4.69) is 10.4 Å². The van der Waals surface area contributed by atoms with Crippen LogP contribution in [-0.4, -0.2) is 96.6 Å². The van der Waals surface area contributed by atoms with Crippen molar-refractivity contribution < 1.29 is 22.7 Å². The van der Waals surface area contributed by atoms with Crippen LogP contribution in [0.15, 0.2) is 0 Å². The number of nitrogens with zero attached hydrogens (tertiary/aromatic N) is 3. The number of nitrogens with one attached hydrogen (secondary N) is 1. The molecule has 5 rings (SSSR count). The van der Waals surface area contributed by atoms with Crippen LogP contribution in [0.25, 0.3) is 0 Å². The van der Waals surface area contributed by atoms with Gasteiger partial charge in [0.25, 0.3) is 0 Å². The fraction of sp³-hybridized carbons (Fsp3) is 0.913. The average molecular weight is 483 g/mol. The maximum absolute atomic E-state index is 13.2. The molecule has 5 fully saturated rings. The highest BCUT2D eigenvalue weighted by molar-refractivity contribution is 7.92. The van der Waals surface area contributed by atoms with Crippen LogP contribution in [0.5, 0.6) is 0 Å². The maximum Gasteiger partial charge on any atom is 0.410 e. The molecule has 33 heavy (non-hydrogen) atoms. The smallest absolute Gasteiger partial charge is 0.410 e. The third-order valence-corrected chi connectivity index (χ3v) is 10.5. The van der Waals surface area contributed by atoms with Crippen molar-refractivity contribution in [1.82, 2.24) is 20.2 Å². The normalized spacial score (nSPS) is 37.6. The number of fused-ring (bicyclic) bond motifs is 1. The summed E-state index contributed by atoms with van der Waals surface area (Å²) in [6, 6.07) is 0.0929. The van der Waals surface area contributed by atoms with Gasteiger partial charge in [0, 0.05) is 32.6 Å². The molecular formula is C23H38N4O5S. The molecule has 4 unspecified atom stereocenters. The van der Waals surface area contributed by atoms with Crippen molar-refractivity contribution in [3.63, 3.8) is 0 Å². The lowest BCUT2D eigenvalue weighted by Gasteiger charge is -2.54. The molecule has 0 aromatic carbocycles. The first-order valence-electron chi connectivity index (χ1n) is 12.7. The summed E-state index contributed by atoms with van der Waals surface area (Å²) >= 11 is 0. The lowest BCUT2D eigenvalue weighted by atomic mass is 9.73. The number of hydrogen-bond donors (Lipinski definition) is 1. The fourth-order valence-corrected chi connectivity index (χ4v) is 8.42. The molecule has 2 amide bonds. The van der Waals surface area contributed by atoms with Gasteiger partial charge in [0.15, 0.2) is 9.84 Å². The van der Waals surface area contributed by atoms with Crippen LogP contribution in [0, 0.1) is 11.8 Å². The SMILES string of the molecule is CC(=O)N1C2CCC(C3CNN(C4CS(=O)(=O)C4)C3)CC2N(C(=O)OC2CCCC2)C[C@@H]1C. The Morgan fingerprint density at radius 3 is 2.36 bits per heavy atom. The molecule has 2 saturated carbocycles. The minimum absolute atomic E-state index is 0.0133. The van der Waals surface area contributed by atoms with Crippen molar-refractivity contribution in [3.8, 4) is 0 Å². The molecule has 3 heterocycles. The topological polar surface area (TPSA) is 99.3 Å². The molecule has 0 aromatic heterocycles. The number of carbonyl (C=O) groups excluding carboxylic acids is 2. The fourth-order valence-electron chi connectivity index (χ4n) is 6.98. The number of sulfone groups is 1. The lowest BCUT2D eigenvalue weighted by Crippen LogP contribution is -2.67. The van der Waals surface area contributed by atoms with Gasteiger partial charge in [-0.15, -0.1) is 0 Å². The van der Waals surface area contributed by atoms with E-state index in [0.29, 0.717) is 18.4 Å². The quantitative estimate of drug-likeness (QED) is 0.649. The van der Waals surface area contributed by atoms with Crippen molar-refractivity contribution in [1.29, 1.82) is 0 Å². The first-order chi connectivity index (χ1) is 15.7. The summed E-state index contributed by atoms with van der Waals surface area (Å²) in [5.74, 6) is 1.43. The van der Waals surface area contributed by atoms with Crippen molar-refractivity contribution >= 4 is 21.8 Å². The Hall–Kier alpha value is -1.39. The van der Waals surface area contributed by atoms with Gasteiger partial charge in [-0.2, -0.15) is 0 Å². The Bertz CT molecular complexity index is 864. The van der Waals surface area contributed by atoms with E-state index >= 15 is 0 Å². The zero-order valence-electron chi connectivity index (χ0n) is 19.8. The first kappa shape index (κ1) is 23.4. The first-order valence-corrected chi connectivity index (χ1v) is 14.5. The number of hydrazine groups is 1. The highest BCUT2D eigenvalue weighted by Crippen LogP contribution is 2.40. The molecule has 5 atom stereocenters. The van der Waals surface area contributed by atoms with Gasteiger partial charge in [0.05, 0.1) is 29.6 Å². The third kappa shape index (κ3) is 4.62. The van der Waals surface area contributed by atoms with Crippen LogP contribution in [0.2, 0.25) is 0 Å². The molecule has 0 aromatic rings. The van der Waals surface area contributed by atoms with Crippen LogP contribution in [0.1, 0.15) is 58.8 Å². The second-order valence-corrected chi connectivity index (χ2v) is 13.1. The van der Waals surface area contributed by atoms with E-state index in [9.17, 15) is 18.0 Å². The van der Waals surface area contributed by atoms with Gasteiger partial charge in [-0.1, -0.05) is 0 Å². The Morgan fingerprint density at radius 2 is 1.70 bits per heavy atom. The number of rotatable bonds is 3. The van der Waals surface area contributed by atoms with Gasteiger partial charge in [-0.3, -0.25) is 10.2 Å². The van der Waals surface area contributed by atoms with Crippen molar-refractivity contribution in [3.05, 3.63) is 0 Å². The van der Waals surface area contributed by atoms with E-state index in [4.69, 9.17) is 4.74 Å². The van der Waals surface area contributed by atoms with Crippen molar-refractivity contribution in [2.45, 2.75) is 89.1 Å². The van der Waals surface area contributed by atoms with Crippen molar-refractivity contribution in [2.24, 2.45) is 11.8 Å². The van der Waals surface area contributed by atoms with Crippen LogP contribution in [-0.2, 0) is 19.4 Å². The van der Waals surface area contributed by atoms with Crippen LogP contribution in [0.4, 0.5) is 4.79 Å². The average Bonchev–Trinajstić information content (AvgIpc) is 3.42. The van der Waals surface area contributed by atoms with E-state index in [1.165, 1.54) is 0 Å². The molecule has 3 saturated heterocycles. The Morgan fingerprint density at radius 1 is 0.970 bits per heavy atom. The summed E-state index contributed by atoms with van der Waals surface area (Å²) in [6.07, 6.45) is 6.73. The Balaban J connectivity index is 1.27. The van der Waals surface area contributed by atoms with Crippen LogP contribution >= 0.6 is 0 Å². The maximum atomic E-state index is 13.2. The monoisotopic (exact) mass is 482 g/mol. The van der Waals surface area contributed by atoms with E-state index in [1.807, 2.05) is 16.7 Å². The molecule has 2 aliphatic carbocycles. The van der Waals surface area contributed by atoms with Gasteiger partial charge in [0.2, 0.25) is 5.91 Å². The van der Waals surface area contributed by atoms with Gasteiger partial charge in [-0.25, -0.2) is 18.2 Å². The number of ether oxygens (including phenoxy) is 1. The highest BCUT2D eigenvalue weighted by atomic mass is 32.2. The summed E-state index contributed by atoms with van der Waals surface area (Å²) in [5.41, 5.74) is 3.43. The number of hydrogen-bond acceptors (Lipinski definition) is 7. The summed E-state index contributed by atoms with van der Waals surface area (Å²) in [5, 5.41) is 2.12. The minimum Gasteiger partial charge on any atom is -0.446 e. The summed E-state index contributed by atoms with van der Waals surface area (Å²) in [7, 11) is -2.85. The van der Waals surface area contributed by atoms with Gasteiger partial charge in [0.1, 0.15) is 6.10 Å². The molecular weight excluding hydrogens is 444 g/mol. The predicted octanol–water partition coefficient (Wildman–Crippen LogP) is 1.39. The van der Waals surface area contributed by atoms with E-state index in [0.717, 1.165) is 58.0 Å². The molecule has 3 aliphatic heterocycles. The summed E-state index contributed by atoms with van der Waals surface area (Å²) in [6.45, 7) is 5.89. The second-order valence-electron chi connectivity index (χ2n) is 10.9. The zero-order valence-corrected chi connectivity index (χ0v) is 20.6. The highest BCUT2D eigenvalue weighted by Gasteiger charge is 2.49. The lowest BCUT2D eigenvalue weighted by molar-refractivity contribution is -0.142. The van der Waals surface area contributed by atoms with Crippen LogP contribution < -0.4 is 5.43 Å². The minimum atomic E-state index is -2.85. The molecule has 1 N–H and O–H groups in total. The van der Waals surface area contributed by atoms with E-state index in [-0.39, 0.29) is 53.8 Å². The Labute approximate surface area is 197 Å². The molecule has 5 aliphatic rings. The van der Waals surface area contributed by atoms with Crippen LogP contribution in [0.3, 0.4) is 0 Å². The third-order valence-electron chi connectivity index (χ3n) is 8.67. The van der Waals surface area contributed by atoms with Gasteiger partial charge in [-0.05, 0) is 63.7 Å². The molecule has 0 spiro atoms. The number of piperazine rings is 1. The summed E-state index contributed by atoms with van der Waals surface area (Å²) < 4.78 is 29.1. The largest absolute Gasteiger partial charge is 0.446 e. The van der Waals surface area contributed by atoms with Gasteiger partial charge >= 0.3 is 6.09 Å². The Kier molecular flexibility index (Phi) is 6.37. The molecule has 10 heteroatoms. The zero-order chi connectivity index (χ0) is 23.3. The van der Waals surface area contributed by atoms with E-state index in [1.54, 1.807) is 6.92 Å². The number of amides is 2. The van der Waals surface area contributed by atoms with E-state index < -0.39 is 9.84 Å². The standard InChI is InChI=1S/C23H38N4O5S/c1-15-11-25(23(29)32-20-5-3-4-6-20)22-9-17(7-8-21(22)27(15)16(2)28)18-10-24-26(12-18)19-13-33(30,31)14-19/h15,17-22,24H,3-14H2,1-2H3/t15-,17?,18?,21?,22?/m0/s1. The van der Waals surface area contributed by atoms with Gasteiger partial charge < -0.3 is 14.5 Å². The predicted molar refractivity (Wildman–Crippen MR) is 123 cm³/mol. The second kappa shape index (κ2) is 9.00. The number of carbonyl (C=O) groups is 2. The molecule has 9 nitrogen and oxygen atoms in total. The molecule has 0 radical (unpaired) electrons. The molecule has 0 bridgehead atoms. The summed E-state index contributed by atoms with van der Waals surface area (Å²) in [4.78, 5) is 29.7. The molecule has 186 valence electrons.